The molecule has 0 N–H and O–H groups in total. The molecule has 1 amide bonds. The smallest absolute Gasteiger partial charge is 0.222 e. The molecular formula is C9H18N2O2. The molecule has 4 heteroatoms. The van der Waals surface area contributed by atoms with Gasteiger partial charge in [-0.1, -0.05) is 6.92 Å². The summed E-state index contributed by atoms with van der Waals surface area (Å²) in [7, 11) is 1.70. The van der Waals surface area contributed by atoms with Gasteiger partial charge in [-0.2, -0.15) is 0 Å². The highest BCUT2D eigenvalue weighted by molar-refractivity contribution is 5.75. The van der Waals surface area contributed by atoms with Crippen molar-refractivity contribution in [2.24, 2.45) is 0 Å². The molecule has 0 spiro atoms. The molecule has 0 aromatic heterocycles. The minimum atomic E-state index is 0.261. The number of piperazine rings is 1. The van der Waals surface area contributed by atoms with Crippen molar-refractivity contribution in [3.05, 3.63) is 0 Å². The standard InChI is InChI=1S/C9H18N2O2/c1-3-9(12)11-6-4-10(5-7-11)8-13-2/h3-8H2,1-2H3. The summed E-state index contributed by atoms with van der Waals surface area (Å²) >= 11 is 0. The molecule has 4 nitrogen and oxygen atoms in total. The van der Waals surface area contributed by atoms with Crippen molar-refractivity contribution in [1.29, 1.82) is 0 Å². The second kappa shape index (κ2) is 5.19. The van der Waals surface area contributed by atoms with Crippen LogP contribution in [0.4, 0.5) is 0 Å². The van der Waals surface area contributed by atoms with Gasteiger partial charge in [0.05, 0.1) is 6.73 Å². The van der Waals surface area contributed by atoms with E-state index in [1.54, 1.807) is 7.11 Å². The molecule has 0 aromatic carbocycles. The lowest BCUT2D eigenvalue weighted by atomic mass is 10.3. The van der Waals surface area contributed by atoms with Crippen LogP contribution in [0.1, 0.15) is 13.3 Å². The van der Waals surface area contributed by atoms with Gasteiger partial charge in [-0.25, -0.2) is 0 Å². The van der Waals surface area contributed by atoms with E-state index in [0.717, 1.165) is 26.2 Å². The van der Waals surface area contributed by atoms with Crippen LogP contribution in [-0.2, 0) is 9.53 Å². The van der Waals surface area contributed by atoms with Crippen LogP contribution >= 0.6 is 0 Å². The zero-order chi connectivity index (χ0) is 9.68. The van der Waals surface area contributed by atoms with Gasteiger partial charge in [0.2, 0.25) is 5.91 Å². The molecule has 1 aliphatic rings. The Bertz CT molecular complexity index is 165. The summed E-state index contributed by atoms with van der Waals surface area (Å²) in [5, 5.41) is 0. The highest BCUT2D eigenvalue weighted by Crippen LogP contribution is 2.02. The minimum Gasteiger partial charge on any atom is -0.369 e. The fourth-order valence-corrected chi connectivity index (χ4v) is 1.53. The number of nitrogens with zero attached hydrogens (tertiary/aromatic N) is 2. The van der Waals surface area contributed by atoms with Crippen LogP contribution in [0.5, 0.6) is 0 Å². The predicted molar refractivity (Wildman–Crippen MR) is 50.3 cm³/mol. The molecule has 13 heavy (non-hydrogen) atoms. The van der Waals surface area contributed by atoms with Crippen molar-refractivity contribution in [2.75, 3.05) is 40.0 Å². The summed E-state index contributed by atoms with van der Waals surface area (Å²) in [4.78, 5) is 15.4. The van der Waals surface area contributed by atoms with E-state index < -0.39 is 0 Å². The van der Waals surface area contributed by atoms with Gasteiger partial charge in [-0.05, 0) is 0 Å². The van der Waals surface area contributed by atoms with Crippen molar-refractivity contribution in [3.63, 3.8) is 0 Å². The fraction of sp³-hybridized carbons (Fsp3) is 0.889. The van der Waals surface area contributed by atoms with Gasteiger partial charge in [0, 0.05) is 39.7 Å². The SMILES string of the molecule is CCC(=O)N1CCN(COC)CC1. The maximum atomic E-state index is 11.3. The number of hydrogen-bond acceptors (Lipinski definition) is 3. The first-order chi connectivity index (χ1) is 6.27. The van der Waals surface area contributed by atoms with E-state index in [9.17, 15) is 4.79 Å². The van der Waals surface area contributed by atoms with Crippen molar-refractivity contribution in [2.45, 2.75) is 13.3 Å². The van der Waals surface area contributed by atoms with Gasteiger partial charge in [-0.3, -0.25) is 9.69 Å². The number of carbonyl (C=O) groups excluding carboxylic acids is 1. The Morgan fingerprint density at radius 3 is 2.38 bits per heavy atom. The molecule has 0 bridgehead atoms. The Morgan fingerprint density at radius 1 is 1.31 bits per heavy atom. The highest BCUT2D eigenvalue weighted by atomic mass is 16.5. The van der Waals surface area contributed by atoms with Crippen molar-refractivity contribution < 1.29 is 9.53 Å². The Kier molecular flexibility index (Phi) is 4.18. The molecule has 1 heterocycles. The first-order valence-corrected chi connectivity index (χ1v) is 4.77. The van der Waals surface area contributed by atoms with E-state index in [4.69, 9.17) is 4.74 Å². The molecular weight excluding hydrogens is 168 g/mol. The van der Waals surface area contributed by atoms with Crippen molar-refractivity contribution in [3.8, 4) is 0 Å². The Labute approximate surface area is 79.4 Å². The lowest BCUT2D eigenvalue weighted by Gasteiger charge is -2.33. The van der Waals surface area contributed by atoms with Crippen molar-refractivity contribution in [1.82, 2.24) is 9.80 Å². The quantitative estimate of drug-likeness (QED) is 0.628. The van der Waals surface area contributed by atoms with Crippen LogP contribution in [0.25, 0.3) is 0 Å². The molecule has 1 saturated heterocycles. The number of amides is 1. The monoisotopic (exact) mass is 186 g/mol. The number of methoxy groups -OCH3 is 1. The van der Waals surface area contributed by atoms with Crippen molar-refractivity contribution >= 4 is 5.91 Å². The zero-order valence-electron chi connectivity index (χ0n) is 8.45. The molecule has 0 unspecified atom stereocenters. The average molecular weight is 186 g/mol. The minimum absolute atomic E-state index is 0.261. The molecule has 0 aromatic rings. The predicted octanol–water partition coefficient (Wildman–Crippen LogP) is 0.144. The summed E-state index contributed by atoms with van der Waals surface area (Å²) in [6, 6.07) is 0. The van der Waals surface area contributed by atoms with Crippen LogP contribution in [-0.4, -0.2) is 55.7 Å². The second-order valence-electron chi connectivity index (χ2n) is 3.27. The lowest BCUT2D eigenvalue weighted by molar-refractivity contribution is -0.133. The van der Waals surface area contributed by atoms with Gasteiger partial charge in [0.25, 0.3) is 0 Å². The lowest BCUT2D eigenvalue weighted by Crippen LogP contribution is -2.48. The normalized spacial score (nSPS) is 19.1. The van der Waals surface area contributed by atoms with Gasteiger partial charge < -0.3 is 9.64 Å². The molecule has 0 aliphatic carbocycles. The fourth-order valence-electron chi connectivity index (χ4n) is 1.53. The van der Waals surface area contributed by atoms with Crippen LogP contribution in [0.3, 0.4) is 0 Å². The largest absolute Gasteiger partial charge is 0.369 e. The van der Waals surface area contributed by atoms with Gasteiger partial charge in [-0.15, -0.1) is 0 Å². The summed E-state index contributed by atoms with van der Waals surface area (Å²) in [5.74, 6) is 0.261. The maximum absolute atomic E-state index is 11.3. The molecule has 1 rings (SSSR count). The second-order valence-corrected chi connectivity index (χ2v) is 3.27. The molecule has 76 valence electrons. The van der Waals surface area contributed by atoms with E-state index in [2.05, 4.69) is 4.90 Å². The Morgan fingerprint density at radius 2 is 1.92 bits per heavy atom. The topological polar surface area (TPSA) is 32.8 Å². The van der Waals surface area contributed by atoms with Crippen LogP contribution in [0, 0.1) is 0 Å². The molecule has 0 radical (unpaired) electrons. The average Bonchev–Trinajstić information content (AvgIpc) is 2.18. The number of hydrogen-bond donors (Lipinski definition) is 0. The zero-order valence-corrected chi connectivity index (χ0v) is 8.45. The third kappa shape index (κ3) is 2.97. The van der Waals surface area contributed by atoms with E-state index in [1.807, 2.05) is 11.8 Å². The van der Waals surface area contributed by atoms with E-state index in [1.165, 1.54) is 0 Å². The number of ether oxygens (including phenoxy) is 1. The van der Waals surface area contributed by atoms with Gasteiger partial charge in [0.1, 0.15) is 0 Å². The number of rotatable bonds is 3. The third-order valence-corrected chi connectivity index (χ3v) is 2.34. The Hall–Kier alpha value is -0.610. The first-order valence-electron chi connectivity index (χ1n) is 4.77. The molecule has 0 saturated carbocycles. The molecule has 1 aliphatic heterocycles. The maximum Gasteiger partial charge on any atom is 0.222 e. The van der Waals surface area contributed by atoms with E-state index >= 15 is 0 Å². The van der Waals surface area contributed by atoms with E-state index in [0.29, 0.717) is 13.2 Å². The highest BCUT2D eigenvalue weighted by Gasteiger charge is 2.18. The summed E-state index contributed by atoms with van der Waals surface area (Å²) in [6.07, 6.45) is 0.615. The van der Waals surface area contributed by atoms with Crippen LogP contribution in [0.15, 0.2) is 0 Å². The summed E-state index contributed by atoms with van der Waals surface area (Å²) < 4.78 is 5.03. The molecule has 0 atom stereocenters. The Balaban J connectivity index is 2.26. The van der Waals surface area contributed by atoms with E-state index in [-0.39, 0.29) is 5.91 Å². The summed E-state index contributed by atoms with van der Waals surface area (Å²) in [6.45, 7) is 6.13. The van der Waals surface area contributed by atoms with Crippen LogP contribution in [0.2, 0.25) is 0 Å². The number of carbonyl (C=O) groups is 1. The van der Waals surface area contributed by atoms with Gasteiger partial charge >= 0.3 is 0 Å². The van der Waals surface area contributed by atoms with Crippen LogP contribution < -0.4 is 0 Å². The third-order valence-electron chi connectivity index (χ3n) is 2.34. The first kappa shape index (κ1) is 10.5. The molecule has 1 fully saturated rings. The summed E-state index contributed by atoms with van der Waals surface area (Å²) in [5.41, 5.74) is 0. The van der Waals surface area contributed by atoms with Gasteiger partial charge in [0.15, 0.2) is 0 Å².